The molecule has 0 saturated heterocycles. The van der Waals surface area contributed by atoms with Gasteiger partial charge in [0.1, 0.15) is 5.75 Å². The number of unbranched alkanes of at least 4 members (excludes halogenated alkanes) is 1. The molecule has 0 aliphatic carbocycles. The standard InChI is InChI=1S/C22H25N3O3/c1-3-5-15-25(18-9-7-6-8-10-18)22(26)17-11-13-19(14-12-17)27-16-20-23-21(4-2)28-24-20/h6-14H,3-5,15-16H2,1-2H3. The molecule has 0 fully saturated rings. The smallest absolute Gasteiger partial charge is 0.258 e. The first-order valence-electron chi connectivity index (χ1n) is 9.62. The van der Waals surface area contributed by atoms with Crippen LogP contribution >= 0.6 is 0 Å². The summed E-state index contributed by atoms with van der Waals surface area (Å²) in [5.41, 5.74) is 1.53. The number of hydrogen-bond acceptors (Lipinski definition) is 5. The first-order chi connectivity index (χ1) is 13.7. The number of anilines is 1. The van der Waals surface area contributed by atoms with Crippen molar-refractivity contribution in [2.75, 3.05) is 11.4 Å². The maximum atomic E-state index is 13.0. The average Bonchev–Trinajstić information content (AvgIpc) is 3.22. The summed E-state index contributed by atoms with van der Waals surface area (Å²) >= 11 is 0. The van der Waals surface area contributed by atoms with E-state index >= 15 is 0 Å². The molecule has 0 saturated carbocycles. The monoisotopic (exact) mass is 379 g/mol. The van der Waals surface area contributed by atoms with Crippen LogP contribution in [0.5, 0.6) is 5.75 Å². The predicted molar refractivity (Wildman–Crippen MR) is 107 cm³/mol. The van der Waals surface area contributed by atoms with Crippen LogP contribution in [0.2, 0.25) is 0 Å². The molecule has 0 radical (unpaired) electrons. The Morgan fingerprint density at radius 1 is 1.07 bits per heavy atom. The molecule has 1 aromatic heterocycles. The first kappa shape index (κ1) is 19.6. The Labute approximate surface area is 165 Å². The number of rotatable bonds is 9. The van der Waals surface area contributed by atoms with Gasteiger partial charge >= 0.3 is 0 Å². The van der Waals surface area contributed by atoms with Crippen molar-refractivity contribution in [1.29, 1.82) is 0 Å². The highest BCUT2D eigenvalue weighted by molar-refractivity contribution is 6.06. The Bertz CT molecular complexity index is 876. The summed E-state index contributed by atoms with van der Waals surface area (Å²) in [6, 6.07) is 16.9. The van der Waals surface area contributed by atoms with Crippen molar-refractivity contribution in [3.63, 3.8) is 0 Å². The van der Waals surface area contributed by atoms with E-state index in [0.29, 0.717) is 36.0 Å². The van der Waals surface area contributed by atoms with Crippen molar-refractivity contribution >= 4 is 11.6 Å². The molecule has 146 valence electrons. The highest BCUT2D eigenvalue weighted by Gasteiger charge is 2.17. The van der Waals surface area contributed by atoms with E-state index in [1.54, 1.807) is 24.3 Å². The third-order valence-electron chi connectivity index (χ3n) is 4.33. The molecule has 6 heteroatoms. The van der Waals surface area contributed by atoms with E-state index < -0.39 is 0 Å². The zero-order valence-electron chi connectivity index (χ0n) is 16.3. The second kappa shape index (κ2) is 9.69. The number of aryl methyl sites for hydroxylation is 1. The highest BCUT2D eigenvalue weighted by atomic mass is 16.5. The van der Waals surface area contributed by atoms with E-state index in [4.69, 9.17) is 9.26 Å². The van der Waals surface area contributed by atoms with Crippen molar-refractivity contribution in [3.8, 4) is 5.75 Å². The number of carbonyl (C=O) groups excluding carboxylic acids is 1. The molecule has 0 bridgehead atoms. The molecule has 0 N–H and O–H groups in total. The van der Waals surface area contributed by atoms with Gasteiger partial charge in [-0.25, -0.2) is 0 Å². The molecule has 1 amide bonds. The van der Waals surface area contributed by atoms with Crippen molar-refractivity contribution in [2.45, 2.75) is 39.7 Å². The van der Waals surface area contributed by atoms with E-state index in [0.717, 1.165) is 18.5 Å². The molecular formula is C22H25N3O3. The van der Waals surface area contributed by atoms with Gasteiger partial charge in [-0.2, -0.15) is 4.98 Å². The van der Waals surface area contributed by atoms with Gasteiger partial charge in [0.15, 0.2) is 6.61 Å². The highest BCUT2D eigenvalue weighted by Crippen LogP contribution is 2.20. The summed E-state index contributed by atoms with van der Waals surface area (Å²) in [5, 5.41) is 3.86. The van der Waals surface area contributed by atoms with Gasteiger partial charge in [-0.3, -0.25) is 4.79 Å². The lowest BCUT2D eigenvalue weighted by molar-refractivity contribution is 0.0986. The van der Waals surface area contributed by atoms with Gasteiger partial charge in [-0.1, -0.05) is 43.6 Å². The van der Waals surface area contributed by atoms with Crippen molar-refractivity contribution in [1.82, 2.24) is 10.1 Å². The van der Waals surface area contributed by atoms with Crippen LogP contribution in [-0.2, 0) is 13.0 Å². The van der Waals surface area contributed by atoms with E-state index in [9.17, 15) is 4.79 Å². The summed E-state index contributed by atoms with van der Waals surface area (Å²) in [6.45, 7) is 4.98. The molecule has 6 nitrogen and oxygen atoms in total. The predicted octanol–water partition coefficient (Wildman–Crippen LogP) is 4.66. The number of hydrogen-bond donors (Lipinski definition) is 0. The Kier molecular flexibility index (Phi) is 6.78. The Hall–Kier alpha value is -3.15. The van der Waals surface area contributed by atoms with Gasteiger partial charge in [0.05, 0.1) is 0 Å². The van der Waals surface area contributed by atoms with Crippen LogP contribution in [0.1, 0.15) is 48.8 Å². The van der Waals surface area contributed by atoms with Crippen LogP contribution in [0, 0.1) is 0 Å². The largest absolute Gasteiger partial charge is 0.485 e. The average molecular weight is 379 g/mol. The van der Waals surface area contributed by atoms with Crippen LogP contribution < -0.4 is 9.64 Å². The Morgan fingerprint density at radius 2 is 1.82 bits per heavy atom. The fourth-order valence-corrected chi connectivity index (χ4v) is 2.76. The quantitative estimate of drug-likeness (QED) is 0.541. The van der Waals surface area contributed by atoms with Gasteiger partial charge in [0.2, 0.25) is 11.7 Å². The summed E-state index contributed by atoms with van der Waals surface area (Å²) in [5.74, 6) is 1.73. The van der Waals surface area contributed by atoms with Crippen molar-refractivity contribution in [3.05, 3.63) is 71.9 Å². The molecule has 0 aliphatic rings. The second-order valence-electron chi connectivity index (χ2n) is 6.42. The molecule has 2 aromatic carbocycles. The van der Waals surface area contributed by atoms with Crippen LogP contribution in [0.3, 0.4) is 0 Å². The summed E-state index contributed by atoms with van der Waals surface area (Å²) in [4.78, 5) is 19.1. The number of aromatic nitrogens is 2. The van der Waals surface area contributed by atoms with Crippen LogP contribution in [0.4, 0.5) is 5.69 Å². The molecule has 28 heavy (non-hydrogen) atoms. The number of amides is 1. The number of nitrogens with zero attached hydrogens (tertiary/aromatic N) is 3. The third-order valence-corrected chi connectivity index (χ3v) is 4.33. The molecule has 1 heterocycles. The lowest BCUT2D eigenvalue weighted by atomic mass is 10.1. The number of ether oxygens (including phenoxy) is 1. The van der Waals surface area contributed by atoms with Crippen LogP contribution in [-0.4, -0.2) is 22.6 Å². The van der Waals surface area contributed by atoms with E-state index in [-0.39, 0.29) is 12.5 Å². The molecule has 0 unspecified atom stereocenters. The van der Waals surface area contributed by atoms with Crippen molar-refractivity contribution < 1.29 is 14.1 Å². The topological polar surface area (TPSA) is 68.5 Å². The molecule has 0 atom stereocenters. The molecule has 3 rings (SSSR count). The Balaban J connectivity index is 1.67. The summed E-state index contributed by atoms with van der Waals surface area (Å²) < 4.78 is 10.7. The summed E-state index contributed by atoms with van der Waals surface area (Å²) in [6.07, 6.45) is 2.67. The number of para-hydroxylation sites is 1. The van der Waals surface area contributed by atoms with Crippen LogP contribution in [0.25, 0.3) is 0 Å². The van der Waals surface area contributed by atoms with E-state index in [1.807, 2.05) is 42.2 Å². The maximum Gasteiger partial charge on any atom is 0.258 e. The minimum Gasteiger partial charge on any atom is -0.485 e. The van der Waals surface area contributed by atoms with E-state index in [1.165, 1.54) is 0 Å². The molecular weight excluding hydrogens is 354 g/mol. The van der Waals surface area contributed by atoms with Crippen LogP contribution in [0.15, 0.2) is 59.1 Å². The fraction of sp³-hybridized carbons (Fsp3) is 0.318. The van der Waals surface area contributed by atoms with Gasteiger partial charge in [0, 0.05) is 24.2 Å². The lowest BCUT2D eigenvalue weighted by Gasteiger charge is -2.23. The maximum absolute atomic E-state index is 13.0. The zero-order valence-corrected chi connectivity index (χ0v) is 16.3. The van der Waals surface area contributed by atoms with Gasteiger partial charge in [0.25, 0.3) is 5.91 Å². The fourth-order valence-electron chi connectivity index (χ4n) is 2.76. The van der Waals surface area contributed by atoms with E-state index in [2.05, 4.69) is 17.1 Å². The normalized spacial score (nSPS) is 10.6. The lowest BCUT2D eigenvalue weighted by Crippen LogP contribution is -2.31. The molecule has 0 spiro atoms. The zero-order chi connectivity index (χ0) is 19.8. The SMILES string of the molecule is CCCCN(C(=O)c1ccc(OCc2noc(CC)n2)cc1)c1ccccc1. The number of benzene rings is 2. The van der Waals surface area contributed by atoms with Crippen molar-refractivity contribution in [2.24, 2.45) is 0 Å². The van der Waals surface area contributed by atoms with Gasteiger partial charge in [-0.05, 0) is 42.8 Å². The van der Waals surface area contributed by atoms with Gasteiger partial charge < -0.3 is 14.2 Å². The first-order valence-corrected chi connectivity index (χ1v) is 9.62. The minimum absolute atomic E-state index is 0.0167. The Morgan fingerprint density at radius 3 is 2.46 bits per heavy atom. The third kappa shape index (κ3) is 4.97. The molecule has 0 aliphatic heterocycles. The minimum atomic E-state index is -0.0167. The number of carbonyl (C=O) groups is 1. The second-order valence-corrected chi connectivity index (χ2v) is 6.42. The van der Waals surface area contributed by atoms with Gasteiger partial charge in [-0.15, -0.1) is 0 Å². The summed E-state index contributed by atoms with van der Waals surface area (Å²) in [7, 11) is 0. The molecule has 3 aromatic rings.